The molecule has 0 saturated carbocycles. The molecule has 0 radical (unpaired) electrons. The highest BCUT2D eigenvalue weighted by Crippen LogP contribution is 2.19. The van der Waals surface area contributed by atoms with Crippen molar-refractivity contribution in [3.05, 3.63) is 16.6 Å². The zero-order chi connectivity index (χ0) is 12.0. The molecule has 1 atom stereocenters. The minimum Gasteiger partial charge on any atom is -0.346 e. The molecule has 0 bridgehead atoms. The Labute approximate surface area is 105 Å². The van der Waals surface area contributed by atoms with Gasteiger partial charge in [-0.25, -0.2) is 4.98 Å². The Balaban J connectivity index is 2.42. The Morgan fingerprint density at radius 1 is 1.62 bits per heavy atom. The number of thiazole rings is 1. The second kappa shape index (κ2) is 6.91. The first-order valence-corrected chi connectivity index (χ1v) is 7.36. The number of carbonyl (C=O) groups is 1. The van der Waals surface area contributed by atoms with Gasteiger partial charge in [0.1, 0.15) is 5.01 Å². The molecule has 0 spiro atoms. The van der Waals surface area contributed by atoms with Crippen LogP contribution >= 0.6 is 23.1 Å². The quantitative estimate of drug-likeness (QED) is 0.853. The summed E-state index contributed by atoms with van der Waals surface area (Å²) in [6.45, 7) is 6.24. The maximum Gasteiger partial charge on any atom is 0.230 e. The standard InChI is InChI=1S/C11H18N2OS2/c1-4-9(11-12-5-6-15-11)13-10(14)7-16-8(2)3/h5-6,8-9H,4,7H2,1-3H3,(H,13,14)/t9-/m0/s1. The van der Waals surface area contributed by atoms with Crippen molar-refractivity contribution in [3.8, 4) is 0 Å². The lowest BCUT2D eigenvalue weighted by Gasteiger charge is -2.14. The molecule has 0 aromatic carbocycles. The molecule has 1 rings (SSSR count). The molecular weight excluding hydrogens is 240 g/mol. The van der Waals surface area contributed by atoms with Gasteiger partial charge in [-0.05, 0) is 11.7 Å². The molecule has 16 heavy (non-hydrogen) atoms. The molecule has 1 N–H and O–H groups in total. The van der Waals surface area contributed by atoms with Gasteiger partial charge in [-0.1, -0.05) is 20.8 Å². The molecule has 5 heteroatoms. The van der Waals surface area contributed by atoms with Gasteiger partial charge in [-0.2, -0.15) is 0 Å². The van der Waals surface area contributed by atoms with Crippen LogP contribution in [0.5, 0.6) is 0 Å². The molecule has 0 unspecified atom stereocenters. The van der Waals surface area contributed by atoms with Crippen LogP contribution in [0.3, 0.4) is 0 Å². The molecule has 3 nitrogen and oxygen atoms in total. The van der Waals surface area contributed by atoms with Gasteiger partial charge in [-0.3, -0.25) is 4.79 Å². The van der Waals surface area contributed by atoms with Crippen molar-refractivity contribution in [2.75, 3.05) is 5.75 Å². The van der Waals surface area contributed by atoms with E-state index in [4.69, 9.17) is 0 Å². The van der Waals surface area contributed by atoms with E-state index in [1.165, 1.54) is 0 Å². The minimum atomic E-state index is 0.0697. The first-order chi connectivity index (χ1) is 7.63. The number of aromatic nitrogens is 1. The topological polar surface area (TPSA) is 42.0 Å². The molecule has 1 aromatic rings. The monoisotopic (exact) mass is 258 g/mol. The van der Waals surface area contributed by atoms with Crippen molar-refractivity contribution >= 4 is 29.0 Å². The Kier molecular flexibility index (Phi) is 5.84. The number of hydrogen-bond acceptors (Lipinski definition) is 4. The van der Waals surface area contributed by atoms with Crippen LogP contribution in [0, 0.1) is 0 Å². The van der Waals surface area contributed by atoms with Gasteiger partial charge in [-0.15, -0.1) is 23.1 Å². The van der Waals surface area contributed by atoms with E-state index in [9.17, 15) is 4.79 Å². The predicted octanol–water partition coefficient (Wildman–Crippen LogP) is 2.85. The maximum atomic E-state index is 11.7. The van der Waals surface area contributed by atoms with Gasteiger partial charge < -0.3 is 5.32 Å². The highest BCUT2D eigenvalue weighted by Gasteiger charge is 2.14. The number of carbonyl (C=O) groups excluding carboxylic acids is 1. The lowest BCUT2D eigenvalue weighted by Crippen LogP contribution is -2.29. The molecule has 0 fully saturated rings. The fourth-order valence-corrected chi connectivity index (χ4v) is 2.56. The first kappa shape index (κ1) is 13.5. The van der Waals surface area contributed by atoms with Crippen LogP contribution in [0.1, 0.15) is 38.2 Å². The van der Waals surface area contributed by atoms with E-state index >= 15 is 0 Å². The third-order valence-electron chi connectivity index (χ3n) is 2.04. The van der Waals surface area contributed by atoms with Crippen molar-refractivity contribution in [1.29, 1.82) is 0 Å². The highest BCUT2D eigenvalue weighted by atomic mass is 32.2. The summed E-state index contributed by atoms with van der Waals surface area (Å²) in [7, 11) is 0. The van der Waals surface area contributed by atoms with Crippen LogP contribution in [0.2, 0.25) is 0 Å². The molecule has 0 aliphatic carbocycles. The molecule has 1 amide bonds. The van der Waals surface area contributed by atoms with Crippen molar-refractivity contribution in [3.63, 3.8) is 0 Å². The van der Waals surface area contributed by atoms with Crippen LogP contribution in [0.15, 0.2) is 11.6 Å². The smallest absolute Gasteiger partial charge is 0.230 e. The number of amides is 1. The summed E-state index contributed by atoms with van der Waals surface area (Å²) in [5, 5.41) is 6.43. The van der Waals surface area contributed by atoms with Crippen molar-refractivity contribution < 1.29 is 4.79 Å². The lowest BCUT2D eigenvalue weighted by molar-refractivity contribution is -0.119. The summed E-state index contributed by atoms with van der Waals surface area (Å²) >= 11 is 3.25. The van der Waals surface area contributed by atoms with Gasteiger partial charge in [0, 0.05) is 11.6 Å². The van der Waals surface area contributed by atoms with Gasteiger partial charge >= 0.3 is 0 Å². The van der Waals surface area contributed by atoms with E-state index in [1.807, 2.05) is 5.38 Å². The average molecular weight is 258 g/mol. The van der Waals surface area contributed by atoms with E-state index in [0.717, 1.165) is 11.4 Å². The molecule has 1 aromatic heterocycles. The number of hydrogen-bond donors (Lipinski definition) is 1. The summed E-state index contributed by atoms with van der Waals surface area (Å²) in [5.74, 6) is 0.625. The average Bonchev–Trinajstić information content (AvgIpc) is 2.76. The molecule has 90 valence electrons. The number of nitrogens with zero attached hydrogens (tertiary/aromatic N) is 1. The Bertz CT molecular complexity index is 312. The predicted molar refractivity (Wildman–Crippen MR) is 70.9 cm³/mol. The van der Waals surface area contributed by atoms with Crippen molar-refractivity contribution in [2.24, 2.45) is 0 Å². The summed E-state index contributed by atoms with van der Waals surface area (Å²) in [5.41, 5.74) is 0. The Hall–Kier alpha value is -0.550. The van der Waals surface area contributed by atoms with Crippen molar-refractivity contribution in [1.82, 2.24) is 10.3 Å². The second-order valence-corrected chi connectivity index (χ2v) is 6.25. The SMILES string of the molecule is CC[C@H](NC(=O)CSC(C)C)c1nccs1. The van der Waals surface area contributed by atoms with Crippen LogP contribution < -0.4 is 5.32 Å². The summed E-state index contributed by atoms with van der Waals surface area (Å²) in [4.78, 5) is 15.9. The number of thioether (sulfide) groups is 1. The largest absolute Gasteiger partial charge is 0.346 e. The summed E-state index contributed by atoms with van der Waals surface area (Å²) in [6.07, 6.45) is 2.66. The fraction of sp³-hybridized carbons (Fsp3) is 0.636. The molecule has 0 aliphatic heterocycles. The maximum absolute atomic E-state index is 11.7. The third-order valence-corrected chi connectivity index (χ3v) is 4.03. The number of nitrogens with one attached hydrogen (secondary N) is 1. The van der Waals surface area contributed by atoms with Crippen LogP contribution in [-0.4, -0.2) is 21.9 Å². The van der Waals surface area contributed by atoms with Gasteiger partial charge in [0.25, 0.3) is 0 Å². The Morgan fingerprint density at radius 3 is 2.88 bits per heavy atom. The van der Waals surface area contributed by atoms with E-state index in [-0.39, 0.29) is 11.9 Å². The van der Waals surface area contributed by atoms with E-state index in [1.54, 1.807) is 29.3 Å². The normalized spacial score (nSPS) is 12.8. The van der Waals surface area contributed by atoms with Gasteiger partial charge in [0.05, 0.1) is 11.8 Å². The van der Waals surface area contributed by atoms with E-state index in [0.29, 0.717) is 11.0 Å². The molecular formula is C11H18N2OS2. The van der Waals surface area contributed by atoms with E-state index in [2.05, 4.69) is 31.1 Å². The minimum absolute atomic E-state index is 0.0697. The van der Waals surface area contributed by atoms with Crippen LogP contribution in [-0.2, 0) is 4.79 Å². The fourth-order valence-electron chi connectivity index (χ4n) is 1.22. The third kappa shape index (κ3) is 4.53. The highest BCUT2D eigenvalue weighted by molar-refractivity contribution is 8.00. The second-order valence-electron chi connectivity index (χ2n) is 3.76. The number of rotatable bonds is 6. The zero-order valence-electron chi connectivity index (χ0n) is 9.90. The molecule has 0 saturated heterocycles. The summed E-state index contributed by atoms with van der Waals surface area (Å²) < 4.78 is 0. The van der Waals surface area contributed by atoms with Gasteiger partial charge in [0.2, 0.25) is 5.91 Å². The summed E-state index contributed by atoms with van der Waals surface area (Å²) in [6, 6.07) is 0.0697. The Morgan fingerprint density at radius 2 is 2.38 bits per heavy atom. The van der Waals surface area contributed by atoms with Crippen LogP contribution in [0.25, 0.3) is 0 Å². The molecule has 0 aliphatic rings. The lowest BCUT2D eigenvalue weighted by atomic mass is 10.2. The van der Waals surface area contributed by atoms with E-state index < -0.39 is 0 Å². The zero-order valence-corrected chi connectivity index (χ0v) is 11.5. The molecule has 1 heterocycles. The van der Waals surface area contributed by atoms with Crippen molar-refractivity contribution in [2.45, 2.75) is 38.5 Å². The van der Waals surface area contributed by atoms with Gasteiger partial charge in [0.15, 0.2) is 0 Å². The van der Waals surface area contributed by atoms with Crippen LogP contribution in [0.4, 0.5) is 0 Å². The first-order valence-electron chi connectivity index (χ1n) is 5.43.